The summed E-state index contributed by atoms with van der Waals surface area (Å²) in [5.41, 5.74) is 7.46. The standard InChI is InChI=1S/C13H11FN4/c1-8-5-13(17-7-11(8)16)18-12-4-2-3-10(14)9(12)6-15/h2-5,7H,16H2,1H3,(H,17,18). The molecule has 0 aliphatic heterocycles. The number of aryl methyl sites for hydroxylation is 1. The minimum Gasteiger partial charge on any atom is -0.397 e. The largest absolute Gasteiger partial charge is 0.397 e. The summed E-state index contributed by atoms with van der Waals surface area (Å²) in [4.78, 5) is 4.07. The first kappa shape index (κ1) is 11.9. The molecular formula is C13H11FN4. The Balaban J connectivity index is 2.37. The van der Waals surface area contributed by atoms with Crippen molar-refractivity contribution in [3.63, 3.8) is 0 Å². The van der Waals surface area contributed by atoms with E-state index in [1.807, 2.05) is 13.0 Å². The highest BCUT2D eigenvalue weighted by Crippen LogP contribution is 2.22. The molecule has 0 saturated carbocycles. The van der Waals surface area contributed by atoms with Crippen molar-refractivity contribution in [2.75, 3.05) is 11.1 Å². The van der Waals surface area contributed by atoms with Gasteiger partial charge in [-0.05, 0) is 30.7 Å². The van der Waals surface area contributed by atoms with Crippen LogP contribution >= 0.6 is 0 Å². The highest BCUT2D eigenvalue weighted by atomic mass is 19.1. The second kappa shape index (κ2) is 4.72. The number of nitrogens with zero attached hydrogens (tertiary/aromatic N) is 2. The Hall–Kier alpha value is -2.61. The molecule has 0 amide bonds. The van der Waals surface area contributed by atoms with Crippen LogP contribution in [0.3, 0.4) is 0 Å². The van der Waals surface area contributed by atoms with Crippen molar-refractivity contribution < 1.29 is 4.39 Å². The SMILES string of the molecule is Cc1cc(Nc2cccc(F)c2C#N)ncc1N. The van der Waals surface area contributed by atoms with E-state index < -0.39 is 5.82 Å². The van der Waals surface area contributed by atoms with Crippen LogP contribution in [0.15, 0.2) is 30.5 Å². The third-order valence-corrected chi connectivity index (χ3v) is 2.54. The van der Waals surface area contributed by atoms with Crippen LogP contribution in [0, 0.1) is 24.1 Å². The van der Waals surface area contributed by atoms with Crippen molar-refractivity contribution in [3.8, 4) is 6.07 Å². The van der Waals surface area contributed by atoms with Gasteiger partial charge in [0, 0.05) is 0 Å². The minimum atomic E-state index is -0.560. The zero-order valence-electron chi connectivity index (χ0n) is 9.74. The quantitative estimate of drug-likeness (QED) is 0.849. The Morgan fingerprint density at radius 1 is 1.44 bits per heavy atom. The first-order valence-electron chi connectivity index (χ1n) is 5.29. The van der Waals surface area contributed by atoms with Crippen molar-refractivity contribution in [3.05, 3.63) is 47.4 Å². The number of halogens is 1. The summed E-state index contributed by atoms with van der Waals surface area (Å²) in [7, 11) is 0. The molecule has 18 heavy (non-hydrogen) atoms. The van der Waals surface area contributed by atoms with E-state index in [9.17, 15) is 4.39 Å². The van der Waals surface area contributed by atoms with Gasteiger partial charge in [0.15, 0.2) is 0 Å². The predicted molar refractivity (Wildman–Crippen MR) is 67.8 cm³/mol. The van der Waals surface area contributed by atoms with Crippen LogP contribution in [0.4, 0.5) is 21.6 Å². The lowest BCUT2D eigenvalue weighted by Gasteiger charge is -2.09. The van der Waals surface area contributed by atoms with Gasteiger partial charge in [0.25, 0.3) is 0 Å². The summed E-state index contributed by atoms with van der Waals surface area (Å²) in [5, 5.41) is 11.8. The first-order chi connectivity index (χ1) is 8.61. The molecule has 0 saturated heterocycles. The van der Waals surface area contributed by atoms with Crippen LogP contribution in [-0.4, -0.2) is 4.98 Å². The molecule has 0 radical (unpaired) electrons. The van der Waals surface area contributed by atoms with Gasteiger partial charge in [0.1, 0.15) is 23.3 Å². The summed E-state index contributed by atoms with van der Waals surface area (Å²) in [6.07, 6.45) is 1.52. The molecular weight excluding hydrogens is 231 g/mol. The number of anilines is 3. The molecule has 1 aromatic heterocycles. The van der Waals surface area contributed by atoms with Crippen molar-refractivity contribution >= 4 is 17.2 Å². The average molecular weight is 242 g/mol. The normalized spacial score (nSPS) is 9.83. The molecule has 1 aromatic carbocycles. The van der Waals surface area contributed by atoms with Gasteiger partial charge in [-0.25, -0.2) is 9.37 Å². The van der Waals surface area contributed by atoms with E-state index in [0.29, 0.717) is 17.2 Å². The first-order valence-corrected chi connectivity index (χ1v) is 5.29. The highest BCUT2D eigenvalue weighted by molar-refractivity contribution is 5.66. The van der Waals surface area contributed by atoms with Gasteiger partial charge in [-0.15, -0.1) is 0 Å². The van der Waals surface area contributed by atoms with Gasteiger partial charge in [0.05, 0.1) is 17.6 Å². The Kier molecular flexibility index (Phi) is 3.11. The Morgan fingerprint density at radius 3 is 2.89 bits per heavy atom. The number of benzene rings is 1. The summed E-state index contributed by atoms with van der Waals surface area (Å²) >= 11 is 0. The average Bonchev–Trinajstić information content (AvgIpc) is 2.34. The molecule has 0 spiro atoms. The molecule has 0 fully saturated rings. The van der Waals surface area contributed by atoms with Crippen molar-refractivity contribution in [2.24, 2.45) is 0 Å². The van der Waals surface area contributed by atoms with E-state index in [2.05, 4.69) is 10.3 Å². The monoisotopic (exact) mass is 242 g/mol. The molecule has 3 N–H and O–H groups in total. The predicted octanol–water partition coefficient (Wildman–Crippen LogP) is 2.73. The van der Waals surface area contributed by atoms with Gasteiger partial charge in [-0.1, -0.05) is 6.07 Å². The Labute approximate surface area is 104 Å². The van der Waals surface area contributed by atoms with Gasteiger partial charge in [-0.2, -0.15) is 5.26 Å². The molecule has 90 valence electrons. The topological polar surface area (TPSA) is 74.7 Å². The third kappa shape index (κ3) is 2.23. The molecule has 0 bridgehead atoms. The number of nitrogens with one attached hydrogen (secondary N) is 1. The van der Waals surface area contributed by atoms with Crippen LogP contribution in [0.2, 0.25) is 0 Å². The minimum absolute atomic E-state index is 0.0335. The molecule has 1 heterocycles. The zero-order valence-corrected chi connectivity index (χ0v) is 9.74. The van der Waals surface area contributed by atoms with Gasteiger partial charge in [0.2, 0.25) is 0 Å². The van der Waals surface area contributed by atoms with Gasteiger partial charge < -0.3 is 11.1 Å². The fourth-order valence-corrected chi connectivity index (χ4v) is 1.51. The third-order valence-electron chi connectivity index (χ3n) is 2.54. The number of pyridine rings is 1. The van der Waals surface area contributed by atoms with Crippen LogP contribution in [-0.2, 0) is 0 Å². The summed E-state index contributed by atoms with van der Waals surface area (Å²) < 4.78 is 13.4. The number of nitrogens with two attached hydrogens (primary N) is 1. The summed E-state index contributed by atoms with van der Waals surface area (Å²) in [6, 6.07) is 7.95. The smallest absolute Gasteiger partial charge is 0.143 e. The number of aromatic nitrogens is 1. The fraction of sp³-hybridized carbons (Fsp3) is 0.0769. The zero-order chi connectivity index (χ0) is 13.1. The highest BCUT2D eigenvalue weighted by Gasteiger charge is 2.08. The van der Waals surface area contributed by atoms with E-state index in [1.54, 1.807) is 12.1 Å². The van der Waals surface area contributed by atoms with E-state index in [1.165, 1.54) is 18.3 Å². The summed E-state index contributed by atoms with van der Waals surface area (Å²) in [5.74, 6) is -0.0431. The molecule has 0 aliphatic rings. The Bertz CT molecular complexity index is 631. The molecule has 4 nitrogen and oxygen atoms in total. The summed E-state index contributed by atoms with van der Waals surface area (Å²) in [6.45, 7) is 1.85. The number of hydrogen-bond donors (Lipinski definition) is 2. The number of nitriles is 1. The van der Waals surface area contributed by atoms with Crippen LogP contribution in [0.25, 0.3) is 0 Å². The van der Waals surface area contributed by atoms with E-state index in [4.69, 9.17) is 11.0 Å². The molecule has 0 atom stereocenters. The maximum Gasteiger partial charge on any atom is 0.143 e. The number of hydrogen-bond acceptors (Lipinski definition) is 4. The van der Waals surface area contributed by atoms with Crippen molar-refractivity contribution in [1.29, 1.82) is 5.26 Å². The van der Waals surface area contributed by atoms with Crippen molar-refractivity contribution in [2.45, 2.75) is 6.92 Å². The number of nitrogen functional groups attached to an aromatic ring is 1. The lowest BCUT2D eigenvalue weighted by atomic mass is 10.2. The van der Waals surface area contributed by atoms with E-state index in [0.717, 1.165) is 5.56 Å². The molecule has 2 aromatic rings. The van der Waals surface area contributed by atoms with E-state index in [-0.39, 0.29) is 5.56 Å². The van der Waals surface area contributed by atoms with Crippen molar-refractivity contribution in [1.82, 2.24) is 4.98 Å². The number of rotatable bonds is 2. The maximum absolute atomic E-state index is 13.4. The Morgan fingerprint density at radius 2 is 2.22 bits per heavy atom. The van der Waals surface area contributed by atoms with Gasteiger partial charge >= 0.3 is 0 Å². The molecule has 0 unspecified atom stereocenters. The van der Waals surface area contributed by atoms with E-state index >= 15 is 0 Å². The fourth-order valence-electron chi connectivity index (χ4n) is 1.51. The second-order valence-corrected chi connectivity index (χ2v) is 3.83. The molecule has 5 heteroatoms. The molecule has 0 aliphatic carbocycles. The van der Waals surface area contributed by atoms with Crippen LogP contribution < -0.4 is 11.1 Å². The lowest BCUT2D eigenvalue weighted by Crippen LogP contribution is -2.00. The molecule has 2 rings (SSSR count). The van der Waals surface area contributed by atoms with Gasteiger partial charge in [-0.3, -0.25) is 0 Å². The lowest BCUT2D eigenvalue weighted by molar-refractivity contribution is 0.624. The second-order valence-electron chi connectivity index (χ2n) is 3.83. The van der Waals surface area contributed by atoms with Crippen LogP contribution in [0.1, 0.15) is 11.1 Å². The van der Waals surface area contributed by atoms with Crippen LogP contribution in [0.5, 0.6) is 0 Å². The maximum atomic E-state index is 13.4.